The summed E-state index contributed by atoms with van der Waals surface area (Å²) in [6, 6.07) is 29.6. The number of benzene rings is 3. The van der Waals surface area contributed by atoms with Gasteiger partial charge < -0.3 is 15.0 Å². The van der Waals surface area contributed by atoms with Gasteiger partial charge in [0.05, 0.1) is 6.10 Å². The lowest BCUT2D eigenvalue weighted by Crippen LogP contribution is -2.31. The van der Waals surface area contributed by atoms with Gasteiger partial charge >= 0.3 is 0 Å². The smallest absolute Gasteiger partial charge is 0.240 e. The van der Waals surface area contributed by atoms with Crippen molar-refractivity contribution in [2.24, 2.45) is 0 Å². The van der Waals surface area contributed by atoms with E-state index in [9.17, 15) is 9.90 Å². The van der Waals surface area contributed by atoms with Gasteiger partial charge in [-0.2, -0.15) is 0 Å². The van der Waals surface area contributed by atoms with Crippen molar-refractivity contribution >= 4 is 16.8 Å². The van der Waals surface area contributed by atoms with E-state index in [1.165, 1.54) is 0 Å². The lowest BCUT2D eigenvalue weighted by Gasteiger charge is -2.14. The number of nitrogens with zero attached hydrogens (tertiary/aromatic N) is 1. The van der Waals surface area contributed by atoms with Gasteiger partial charge in [0.2, 0.25) is 5.91 Å². The molecule has 4 heteroatoms. The van der Waals surface area contributed by atoms with Gasteiger partial charge in [-0.15, -0.1) is 0 Å². The highest BCUT2D eigenvalue weighted by Gasteiger charge is 2.14. The van der Waals surface area contributed by atoms with E-state index in [2.05, 4.69) is 17.4 Å². The SMILES string of the molecule is O=C(Cn1c(-c2ccccc2)cc2ccccc21)NC[C@@H](O)c1ccccc1. The summed E-state index contributed by atoms with van der Waals surface area (Å²) in [5.74, 6) is -0.131. The fourth-order valence-electron chi connectivity index (χ4n) is 3.43. The summed E-state index contributed by atoms with van der Waals surface area (Å²) in [7, 11) is 0. The molecule has 2 N–H and O–H groups in total. The molecule has 0 aliphatic carbocycles. The maximum absolute atomic E-state index is 12.6. The van der Waals surface area contributed by atoms with E-state index in [1.807, 2.05) is 83.4 Å². The van der Waals surface area contributed by atoms with Crippen LogP contribution >= 0.6 is 0 Å². The molecule has 3 aromatic carbocycles. The third kappa shape index (κ3) is 3.82. The molecule has 1 heterocycles. The van der Waals surface area contributed by atoms with Gasteiger partial charge in [-0.3, -0.25) is 4.79 Å². The summed E-state index contributed by atoms with van der Waals surface area (Å²) >= 11 is 0. The van der Waals surface area contributed by atoms with Crippen molar-refractivity contribution in [2.75, 3.05) is 6.54 Å². The zero-order chi connectivity index (χ0) is 19.3. The normalized spacial score (nSPS) is 12.0. The Morgan fingerprint density at radius 2 is 1.54 bits per heavy atom. The molecule has 4 aromatic rings. The summed E-state index contributed by atoms with van der Waals surface area (Å²) in [5, 5.41) is 14.2. The minimum Gasteiger partial charge on any atom is -0.387 e. The zero-order valence-electron chi connectivity index (χ0n) is 15.5. The van der Waals surface area contributed by atoms with Crippen molar-refractivity contribution in [1.29, 1.82) is 0 Å². The predicted molar refractivity (Wildman–Crippen MR) is 112 cm³/mol. The van der Waals surface area contributed by atoms with Crippen molar-refractivity contribution in [3.05, 3.63) is 96.6 Å². The summed E-state index contributed by atoms with van der Waals surface area (Å²) < 4.78 is 2.02. The van der Waals surface area contributed by atoms with Crippen LogP contribution < -0.4 is 5.32 Å². The van der Waals surface area contributed by atoms with E-state index >= 15 is 0 Å². The lowest BCUT2D eigenvalue weighted by atomic mass is 10.1. The number of hydrogen-bond acceptors (Lipinski definition) is 2. The zero-order valence-corrected chi connectivity index (χ0v) is 15.5. The van der Waals surface area contributed by atoms with Crippen LogP contribution in [0.1, 0.15) is 11.7 Å². The number of rotatable bonds is 6. The van der Waals surface area contributed by atoms with E-state index in [1.54, 1.807) is 0 Å². The first kappa shape index (κ1) is 18.0. The van der Waals surface area contributed by atoms with Crippen molar-refractivity contribution in [3.8, 4) is 11.3 Å². The first-order valence-corrected chi connectivity index (χ1v) is 9.36. The Kier molecular flexibility index (Phi) is 5.22. The molecule has 0 radical (unpaired) electrons. The summed E-state index contributed by atoms with van der Waals surface area (Å²) in [4.78, 5) is 12.6. The Balaban J connectivity index is 1.54. The van der Waals surface area contributed by atoms with Crippen molar-refractivity contribution < 1.29 is 9.90 Å². The number of aliphatic hydroxyl groups is 1. The molecule has 0 aliphatic rings. The second-order valence-corrected chi connectivity index (χ2v) is 6.77. The summed E-state index contributed by atoms with van der Waals surface area (Å²) in [5.41, 5.74) is 3.87. The van der Waals surface area contributed by atoms with Crippen LogP contribution in [-0.2, 0) is 11.3 Å². The van der Waals surface area contributed by atoms with Crippen LogP contribution in [0.3, 0.4) is 0 Å². The fraction of sp³-hybridized carbons (Fsp3) is 0.125. The molecule has 0 unspecified atom stereocenters. The van der Waals surface area contributed by atoms with E-state index in [0.717, 1.165) is 27.7 Å². The van der Waals surface area contributed by atoms with Gasteiger partial charge in [0, 0.05) is 23.1 Å². The van der Waals surface area contributed by atoms with Gasteiger partial charge in [-0.1, -0.05) is 78.9 Å². The van der Waals surface area contributed by atoms with Crippen LogP contribution in [0, 0.1) is 0 Å². The van der Waals surface area contributed by atoms with Gasteiger partial charge in [-0.05, 0) is 23.3 Å². The molecule has 4 rings (SSSR count). The average Bonchev–Trinajstić information content (AvgIpc) is 3.12. The van der Waals surface area contributed by atoms with Crippen molar-refractivity contribution in [2.45, 2.75) is 12.6 Å². The van der Waals surface area contributed by atoms with Crippen LogP contribution in [0.4, 0.5) is 0 Å². The molecule has 1 amide bonds. The van der Waals surface area contributed by atoms with E-state index < -0.39 is 6.10 Å². The number of para-hydroxylation sites is 1. The molecule has 28 heavy (non-hydrogen) atoms. The van der Waals surface area contributed by atoms with Crippen LogP contribution in [0.15, 0.2) is 91.0 Å². The Bertz CT molecular complexity index is 1070. The Morgan fingerprint density at radius 1 is 0.893 bits per heavy atom. The number of amides is 1. The summed E-state index contributed by atoms with van der Waals surface area (Å²) in [6.45, 7) is 0.377. The largest absolute Gasteiger partial charge is 0.387 e. The predicted octanol–water partition coefficient (Wildman–Crippen LogP) is 4.16. The molecule has 4 nitrogen and oxygen atoms in total. The number of hydrogen-bond donors (Lipinski definition) is 2. The molecule has 0 saturated carbocycles. The highest BCUT2D eigenvalue weighted by atomic mass is 16.3. The second-order valence-electron chi connectivity index (χ2n) is 6.77. The first-order valence-electron chi connectivity index (χ1n) is 9.36. The third-order valence-electron chi connectivity index (χ3n) is 4.86. The lowest BCUT2D eigenvalue weighted by molar-refractivity contribution is -0.122. The maximum atomic E-state index is 12.6. The number of fused-ring (bicyclic) bond motifs is 1. The molecule has 0 saturated heterocycles. The average molecular weight is 370 g/mol. The standard InChI is InChI=1S/C24H22N2O2/c27-23(19-11-5-2-6-12-19)16-25-24(28)17-26-21-14-8-7-13-20(21)15-22(26)18-9-3-1-4-10-18/h1-15,23,27H,16-17H2,(H,25,28)/t23-/m1/s1. The quantitative estimate of drug-likeness (QED) is 0.535. The van der Waals surface area contributed by atoms with Gasteiger partial charge in [0.15, 0.2) is 0 Å². The topological polar surface area (TPSA) is 54.3 Å². The van der Waals surface area contributed by atoms with Crippen LogP contribution in [-0.4, -0.2) is 22.1 Å². The highest BCUT2D eigenvalue weighted by molar-refractivity contribution is 5.89. The van der Waals surface area contributed by atoms with Gasteiger partial charge in [-0.25, -0.2) is 0 Å². The van der Waals surface area contributed by atoms with Gasteiger partial charge in [0.25, 0.3) is 0 Å². The number of carbonyl (C=O) groups excluding carboxylic acids is 1. The Hall–Kier alpha value is -3.37. The van der Waals surface area contributed by atoms with E-state index in [-0.39, 0.29) is 19.0 Å². The van der Waals surface area contributed by atoms with Crippen molar-refractivity contribution in [3.63, 3.8) is 0 Å². The summed E-state index contributed by atoms with van der Waals surface area (Å²) in [6.07, 6.45) is -0.722. The molecule has 0 bridgehead atoms. The molecule has 0 spiro atoms. The first-order chi connectivity index (χ1) is 13.7. The van der Waals surface area contributed by atoms with Crippen molar-refractivity contribution in [1.82, 2.24) is 9.88 Å². The van der Waals surface area contributed by atoms with Crippen LogP contribution in [0.5, 0.6) is 0 Å². The number of nitrogens with one attached hydrogen (secondary N) is 1. The van der Waals surface area contributed by atoms with E-state index in [4.69, 9.17) is 0 Å². The van der Waals surface area contributed by atoms with Crippen LogP contribution in [0.25, 0.3) is 22.2 Å². The molecular formula is C24H22N2O2. The highest BCUT2D eigenvalue weighted by Crippen LogP contribution is 2.28. The number of carbonyl (C=O) groups is 1. The van der Waals surface area contributed by atoms with E-state index in [0.29, 0.717) is 0 Å². The monoisotopic (exact) mass is 370 g/mol. The maximum Gasteiger partial charge on any atom is 0.240 e. The molecule has 140 valence electrons. The third-order valence-corrected chi connectivity index (χ3v) is 4.86. The fourth-order valence-corrected chi connectivity index (χ4v) is 3.43. The van der Waals surface area contributed by atoms with Crippen LogP contribution in [0.2, 0.25) is 0 Å². The molecular weight excluding hydrogens is 348 g/mol. The molecule has 1 aromatic heterocycles. The second kappa shape index (κ2) is 8.11. The molecule has 1 atom stereocenters. The number of aliphatic hydroxyl groups excluding tert-OH is 1. The molecule has 0 fully saturated rings. The Morgan fingerprint density at radius 3 is 2.29 bits per heavy atom. The number of aromatic nitrogens is 1. The minimum absolute atomic E-state index is 0.131. The van der Waals surface area contributed by atoms with Gasteiger partial charge in [0.1, 0.15) is 6.54 Å². The Labute approximate surface area is 164 Å². The minimum atomic E-state index is -0.722. The molecule has 0 aliphatic heterocycles.